The van der Waals surface area contributed by atoms with E-state index >= 15 is 0 Å². The monoisotopic (exact) mass is 444 g/mol. The second kappa shape index (κ2) is 9.02. The second-order valence-corrected chi connectivity index (χ2v) is 8.22. The molecule has 0 bridgehead atoms. The fourth-order valence-electron chi connectivity index (χ4n) is 4.11. The van der Waals surface area contributed by atoms with Crippen LogP contribution in [-0.4, -0.2) is 16.9 Å². The normalized spacial score (nSPS) is 12.1. The third-order valence-corrected chi connectivity index (χ3v) is 6.13. The fraction of sp³-hybridized carbons (Fsp3) is 0.214. The van der Waals surface area contributed by atoms with Crippen LogP contribution in [0.4, 0.5) is 4.39 Å². The maximum absolute atomic E-state index is 13.5. The molecule has 0 aliphatic carbocycles. The van der Waals surface area contributed by atoms with Crippen molar-refractivity contribution < 1.29 is 23.5 Å². The van der Waals surface area contributed by atoms with Crippen LogP contribution in [0.2, 0.25) is 0 Å². The van der Waals surface area contributed by atoms with Crippen LogP contribution in [0.25, 0.3) is 33.4 Å². The van der Waals surface area contributed by atoms with Gasteiger partial charge in [-0.1, -0.05) is 32.9 Å². The van der Waals surface area contributed by atoms with Crippen molar-refractivity contribution in [1.29, 1.82) is 0 Å². The molecular weight excluding hydrogens is 419 g/mol. The highest BCUT2D eigenvalue weighted by Gasteiger charge is 2.24. The number of hydrogen-bond donors (Lipinski definition) is 1. The van der Waals surface area contributed by atoms with Crippen LogP contribution in [0.5, 0.6) is 0 Å². The molecule has 4 aromatic rings. The maximum atomic E-state index is 13.5. The lowest BCUT2D eigenvalue weighted by Gasteiger charge is -2.16. The predicted octanol–water partition coefficient (Wildman–Crippen LogP) is 7.71. The fourth-order valence-corrected chi connectivity index (χ4v) is 4.11. The minimum Gasteiger partial charge on any atom is -0.478 e. The van der Waals surface area contributed by atoms with Crippen molar-refractivity contribution in [2.24, 2.45) is 0 Å². The van der Waals surface area contributed by atoms with Gasteiger partial charge < -0.3 is 9.52 Å². The second-order valence-electron chi connectivity index (χ2n) is 8.22. The summed E-state index contributed by atoms with van der Waals surface area (Å²) in [7, 11) is 0. The van der Waals surface area contributed by atoms with Crippen LogP contribution in [0.1, 0.15) is 65.8 Å². The number of Topliss-reactive ketones (excluding diaryl/α,β-unsaturated/α-hetero) is 1. The van der Waals surface area contributed by atoms with E-state index in [4.69, 9.17) is 4.42 Å². The van der Waals surface area contributed by atoms with E-state index < -0.39 is 5.97 Å². The highest BCUT2D eigenvalue weighted by molar-refractivity contribution is 6.13. The van der Waals surface area contributed by atoms with Gasteiger partial charge >= 0.3 is 5.97 Å². The van der Waals surface area contributed by atoms with Gasteiger partial charge in [-0.25, -0.2) is 9.18 Å². The zero-order chi connectivity index (χ0) is 23.7. The number of fused-ring (bicyclic) bond motifs is 1. The molecule has 168 valence electrons. The van der Waals surface area contributed by atoms with Gasteiger partial charge in [0.25, 0.3) is 0 Å². The first kappa shape index (κ1) is 22.5. The number of halogens is 1. The quantitative estimate of drug-likeness (QED) is 0.296. The average molecular weight is 445 g/mol. The smallest absolute Gasteiger partial charge is 0.335 e. The lowest BCUT2D eigenvalue weighted by Crippen LogP contribution is -2.00. The Balaban J connectivity index is 2.04. The van der Waals surface area contributed by atoms with Crippen LogP contribution in [0.15, 0.2) is 65.1 Å². The van der Waals surface area contributed by atoms with E-state index in [-0.39, 0.29) is 23.1 Å². The summed E-state index contributed by atoms with van der Waals surface area (Å²) >= 11 is 0. The van der Waals surface area contributed by atoms with Crippen LogP contribution < -0.4 is 0 Å². The molecule has 4 rings (SSSR count). The Kier molecular flexibility index (Phi) is 6.14. The van der Waals surface area contributed by atoms with Crippen LogP contribution >= 0.6 is 0 Å². The molecule has 1 aromatic heterocycles. The molecule has 1 unspecified atom stereocenters. The topological polar surface area (TPSA) is 67.5 Å². The Morgan fingerprint density at radius 1 is 1.00 bits per heavy atom. The highest BCUT2D eigenvalue weighted by Crippen LogP contribution is 2.41. The number of ketones is 1. The van der Waals surface area contributed by atoms with Gasteiger partial charge in [-0.3, -0.25) is 4.79 Å². The predicted molar refractivity (Wildman–Crippen MR) is 127 cm³/mol. The van der Waals surface area contributed by atoms with Crippen molar-refractivity contribution in [1.82, 2.24) is 0 Å². The standard InChI is InChI=1S/C28H25FO4/c1-4-16(3)21-15-25-23(14-22(21)18-7-6-8-19(13-18)28(31)32)26(24(30)5-2)27(33-25)17-9-11-20(29)12-10-17/h6-16H,4-5H2,1-3H3,(H,31,32). The Labute approximate surface area is 191 Å². The van der Waals surface area contributed by atoms with Gasteiger partial charge in [0.15, 0.2) is 5.78 Å². The van der Waals surface area contributed by atoms with Crippen molar-refractivity contribution >= 4 is 22.7 Å². The third-order valence-electron chi connectivity index (χ3n) is 6.13. The average Bonchev–Trinajstić information content (AvgIpc) is 3.21. The molecule has 0 radical (unpaired) electrons. The first-order chi connectivity index (χ1) is 15.8. The van der Waals surface area contributed by atoms with E-state index in [1.807, 2.05) is 18.2 Å². The molecule has 1 N–H and O–H groups in total. The SMILES string of the molecule is CCC(=O)c1c(-c2ccc(F)cc2)oc2cc(C(C)CC)c(-c3cccc(C(=O)O)c3)cc12. The maximum Gasteiger partial charge on any atom is 0.335 e. The van der Waals surface area contributed by atoms with Crippen molar-refractivity contribution in [3.8, 4) is 22.5 Å². The number of carbonyl (C=O) groups excluding carboxylic acids is 1. The van der Waals surface area contributed by atoms with Crippen molar-refractivity contribution in [3.05, 3.63) is 83.2 Å². The molecule has 1 heterocycles. The summed E-state index contributed by atoms with van der Waals surface area (Å²) in [6.07, 6.45) is 1.17. The Morgan fingerprint density at radius 2 is 1.73 bits per heavy atom. The number of furan rings is 1. The van der Waals surface area contributed by atoms with Gasteiger partial charge in [0.2, 0.25) is 0 Å². The molecule has 0 fully saturated rings. The molecule has 3 aromatic carbocycles. The van der Waals surface area contributed by atoms with E-state index in [0.717, 1.165) is 23.1 Å². The first-order valence-electron chi connectivity index (χ1n) is 11.1. The molecule has 5 heteroatoms. The molecule has 0 spiro atoms. The summed E-state index contributed by atoms with van der Waals surface area (Å²) in [6.45, 7) is 5.98. The summed E-state index contributed by atoms with van der Waals surface area (Å²) in [5.74, 6) is -0.828. The molecule has 0 saturated heterocycles. The summed E-state index contributed by atoms with van der Waals surface area (Å²) in [5, 5.41) is 10.1. The van der Waals surface area contributed by atoms with Gasteiger partial charge in [-0.15, -0.1) is 0 Å². The minimum atomic E-state index is -0.994. The Bertz CT molecular complexity index is 1350. The van der Waals surface area contributed by atoms with E-state index in [1.165, 1.54) is 12.1 Å². The number of hydrogen-bond acceptors (Lipinski definition) is 3. The number of rotatable bonds is 7. The van der Waals surface area contributed by atoms with Gasteiger partial charge in [0.1, 0.15) is 17.2 Å². The van der Waals surface area contributed by atoms with Gasteiger partial charge in [-0.05, 0) is 77.6 Å². The number of benzene rings is 3. The number of carboxylic acid groups (broad SMARTS) is 1. The largest absolute Gasteiger partial charge is 0.478 e. The van der Waals surface area contributed by atoms with Crippen molar-refractivity contribution in [2.45, 2.75) is 39.5 Å². The molecule has 33 heavy (non-hydrogen) atoms. The van der Waals surface area contributed by atoms with E-state index in [9.17, 15) is 19.1 Å². The number of aromatic carboxylic acids is 1. The lowest BCUT2D eigenvalue weighted by molar-refractivity contribution is 0.0696. The molecular formula is C28H25FO4. The Hall–Kier alpha value is -3.73. The van der Waals surface area contributed by atoms with Crippen molar-refractivity contribution in [3.63, 3.8) is 0 Å². The first-order valence-corrected chi connectivity index (χ1v) is 11.1. The summed E-state index contributed by atoms with van der Waals surface area (Å²) < 4.78 is 19.7. The summed E-state index contributed by atoms with van der Waals surface area (Å²) in [5.41, 5.74) is 4.53. The number of carboxylic acids is 1. The molecule has 0 amide bonds. The zero-order valence-corrected chi connectivity index (χ0v) is 18.8. The lowest BCUT2D eigenvalue weighted by atomic mass is 9.87. The zero-order valence-electron chi connectivity index (χ0n) is 18.8. The van der Waals surface area contributed by atoms with E-state index in [0.29, 0.717) is 34.3 Å². The number of carbonyl (C=O) groups is 2. The summed E-state index contributed by atoms with van der Waals surface area (Å²) in [4.78, 5) is 24.6. The molecule has 0 aliphatic rings. The third kappa shape index (κ3) is 4.19. The van der Waals surface area contributed by atoms with E-state index in [2.05, 4.69) is 13.8 Å². The summed E-state index contributed by atoms with van der Waals surface area (Å²) in [6, 6.07) is 16.6. The van der Waals surface area contributed by atoms with Gasteiger partial charge in [-0.2, -0.15) is 0 Å². The molecule has 0 saturated carbocycles. The molecule has 1 atom stereocenters. The van der Waals surface area contributed by atoms with Crippen LogP contribution in [0, 0.1) is 5.82 Å². The van der Waals surface area contributed by atoms with E-state index in [1.54, 1.807) is 37.3 Å². The van der Waals surface area contributed by atoms with Crippen LogP contribution in [0.3, 0.4) is 0 Å². The van der Waals surface area contributed by atoms with Gasteiger partial charge in [0.05, 0.1) is 11.1 Å². The Morgan fingerprint density at radius 3 is 2.36 bits per heavy atom. The minimum absolute atomic E-state index is 0.0744. The molecule has 4 nitrogen and oxygen atoms in total. The highest BCUT2D eigenvalue weighted by atomic mass is 19.1. The van der Waals surface area contributed by atoms with Gasteiger partial charge in [0, 0.05) is 17.4 Å². The van der Waals surface area contributed by atoms with Crippen LogP contribution in [-0.2, 0) is 0 Å². The van der Waals surface area contributed by atoms with Crippen molar-refractivity contribution in [2.75, 3.05) is 0 Å². The molecule has 0 aliphatic heterocycles.